The third-order valence-electron chi connectivity index (χ3n) is 21.2. The van der Waals surface area contributed by atoms with Gasteiger partial charge in [0.1, 0.15) is 52.9 Å². The van der Waals surface area contributed by atoms with Crippen LogP contribution in [0, 0.1) is 29.6 Å². The third kappa shape index (κ3) is 63.9. The summed E-state index contributed by atoms with van der Waals surface area (Å²) in [6.45, 7) is 25.0. The van der Waals surface area contributed by atoms with E-state index >= 15 is 0 Å². The summed E-state index contributed by atoms with van der Waals surface area (Å²) >= 11 is 0. The number of esters is 4. The number of unbranched alkanes of at least 4 members (excludes halogenated alkanes) is 13. The van der Waals surface area contributed by atoms with Gasteiger partial charge in [0.2, 0.25) is 0 Å². The van der Waals surface area contributed by atoms with Crippen molar-refractivity contribution in [1.82, 2.24) is 24.5 Å². The molecule has 111 heavy (non-hydrogen) atoms. The van der Waals surface area contributed by atoms with Gasteiger partial charge in [0.15, 0.2) is 0 Å². The molecule has 0 radical (unpaired) electrons. The maximum absolute atomic E-state index is 13.3. The van der Waals surface area contributed by atoms with Gasteiger partial charge in [0.05, 0.1) is 45.5 Å². The largest absolute Gasteiger partial charge is 0.508 e. The van der Waals surface area contributed by atoms with Crippen LogP contribution in [-0.4, -0.2) is 256 Å². The molecule has 1 saturated heterocycles. The fourth-order valence-corrected chi connectivity index (χ4v) is 14.2. The molecule has 25 heteroatoms. The van der Waals surface area contributed by atoms with E-state index in [4.69, 9.17) is 52.1 Å². The number of likely N-dealkylation sites (N-methyl/N-ethyl adjacent to an activating group) is 1. The van der Waals surface area contributed by atoms with Crippen LogP contribution < -0.4 is 0 Å². The molecule has 0 aromatic heterocycles. The van der Waals surface area contributed by atoms with Crippen molar-refractivity contribution in [2.24, 2.45) is 29.6 Å². The lowest BCUT2D eigenvalue weighted by Crippen LogP contribution is -2.45. The second-order valence-electron chi connectivity index (χ2n) is 30.9. The summed E-state index contributed by atoms with van der Waals surface area (Å²) in [5.74, 6) is -0.137. The van der Waals surface area contributed by atoms with E-state index in [9.17, 15) is 43.5 Å². The Labute approximate surface area is 672 Å². The Kier molecular flexibility index (Phi) is 70.2. The van der Waals surface area contributed by atoms with Gasteiger partial charge < -0.3 is 81.7 Å². The number of hydrogen-bond acceptors (Lipinski definition) is 25. The molecule has 0 spiro atoms. The molecule has 1 aliphatic heterocycles. The smallest absolute Gasteiger partial charge is 0.464 e. The zero-order chi connectivity index (χ0) is 81.3. The second-order valence-corrected chi connectivity index (χ2v) is 30.9. The Hall–Kier alpha value is -5.08. The van der Waals surface area contributed by atoms with Crippen molar-refractivity contribution in [2.75, 3.05) is 178 Å². The summed E-state index contributed by atoms with van der Waals surface area (Å²) in [7, 11) is 2.14. The minimum atomic E-state index is -0.786. The van der Waals surface area contributed by atoms with Gasteiger partial charge >= 0.3 is 42.3 Å². The summed E-state index contributed by atoms with van der Waals surface area (Å²) in [6.07, 6.45) is 35.5. The quantitative estimate of drug-likeness (QED) is 0.0256. The highest BCUT2D eigenvalue weighted by molar-refractivity contribution is 5.71. The van der Waals surface area contributed by atoms with Crippen molar-refractivity contribution < 1.29 is 95.6 Å². The molecule has 25 nitrogen and oxygen atoms in total. The zero-order valence-electron chi connectivity index (χ0n) is 71.4. The van der Waals surface area contributed by atoms with Crippen LogP contribution in [0.15, 0.2) is 0 Å². The first-order chi connectivity index (χ1) is 54.0. The van der Waals surface area contributed by atoms with Gasteiger partial charge in [-0.15, -0.1) is 0 Å². The highest BCUT2D eigenvalue weighted by Gasteiger charge is 2.22. The minimum absolute atomic E-state index is 0.0137. The van der Waals surface area contributed by atoms with Gasteiger partial charge in [-0.3, -0.25) is 24.0 Å². The topological polar surface area (TPSA) is 275 Å². The lowest BCUT2D eigenvalue weighted by molar-refractivity contribution is -0.148. The number of ether oxygens (including phenoxy) is 11. The highest BCUT2D eigenvalue weighted by Crippen LogP contribution is 2.28. The Morgan fingerprint density at radius 3 is 0.982 bits per heavy atom. The fraction of sp³-hybridized carbons (Fsp3) is 0.907. The molecule has 1 fully saturated rings. The molecule has 1 N–H and O–H groups in total. The van der Waals surface area contributed by atoms with E-state index in [2.05, 4.69) is 70.2 Å². The number of carbonyl (C=O) groups excluding carboxylic acids is 8. The molecule has 5 atom stereocenters. The van der Waals surface area contributed by atoms with Crippen molar-refractivity contribution >= 4 is 48.8 Å². The Morgan fingerprint density at radius 2 is 0.622 bits per heavy atom. The third-order valence-corrected chi connectivity index (χ3v) is 21.2. The summed E-state index contributed by atoms with van der Waals surface area (Å²) in [5.41, 5.74) is 0. The molecule has 0 amide bonds. The summed E-state index contributed by atoms with van der Waals surface area (Å²) in [6, 6.07) is 0. The molecule has 0 aromatic rings. The predicted octanol–water partition coefficient (Wildman–Crippen LogP) is 16.4. The van der Waals surface area contributed by atoms with Gasteiger partial charge in [-0.05, 0) is 147 Å². The van der Waals surface area contributed by atoms with Crippen LogP contribution >= 0.6 is 0 Å². The van der Waals surface area contributed by atoms with E-state index in [0.717, 1.165) is 193 Å². The van der Waals surface area contributed by atoms with E-state index < -0.39 is 42.3 Å². The molecule has 5 unspecified atom stereocenters. The van der Waals surface area contributed by atoms with E-state index in [1.165, 1.54) is 57.8 Å². The van der Waals surface area contributed by atoms with Gasteiger partial charge in [-0.2, -0.15) is 0 Å². The number of nitrogens with zero attached hydrogens (tertiary/aromatic N) is 5. The van der Waals surface area contributed by atoms with Crippen LogP contribution in [0.2, 0.25) is 0 Å². The van der Waals surface area contributed by atoms with Gasteiger partial charge in [-0.1, -0.05) is 203 Å². The van der Waals surface area contributed by atoms with E-state index in [1.807, 2.05) is 9.80 Å². The zero-order valence-corrected chi connectivity index (χ0v) is 71.4. The molecular formula is C86H161N5O20. The number of rotatable bonds is 78. The first-order valence-corrected chi connectivity index (χ1v) is 44.3. The number of hydrogen-bond donors (Lipinski definition) is 1. The first-order valence-electron chi connectivity index (χ1n) is 44.3. The van der Waals surface area contributed by atoms with E-state index in [-0.39, 0.29) is 129 Å². The minimum Gasteiger partial charge on any atom is -0.464 e. The van der Waals surface area contributed by atoms with Crippen molar-refractivity contribution in [3.63, 3.8) is 0 Å². The molecule has 1 aliphatic rings. The molecule has 1 rings (SSSR count). The average Bonchev–Trinajstić information content (AvgIpc) is 1.46. The fourth-order valence-electron chi connectivity index (χ4n) is 14.2. The van der Waals surface area contributed by atoms with Crippen LogP contribution in [0.4, 0.5) is 14.4 Å². The lowest BCUT2D eigenvalue weighted by Gasteiger charge is -2.33. The molecule has 0 aliphatic carbocycles. The van der Waals surface area contributed by atoms with E-state index in [1.54, 1.807) is 0 Å². The monoisotopic (exact) mass is 1580 g/mol. The summed E-state index contributed by atoms with van der Waals surface area (Å²) in [5, 5.41) is 9.97. The van der Waals surface area contributed by atoms with Crippen LogP contribution in [0.25, 0.3) is 0 Å². The van der Waals surface area contributed by atoms with Gasteiger partial charge in [0, 0.05) is 59.0 Å². The van der Waals surface area contributed by atoms with Crippen molar-refractivity contribution in [1.29, 1.82) is 0 Å². The maximum atomic E-state index is 13.3. The molecule has 0 aromatic carbocycles. The molecule has 0 bridgehead atoms. The molecule has 1 heterocycles. The highest BCUT2D eigenvalue weighted by atomic mass is 16.7. The van der Waals surface area contributed by atoms with Crippen LogP contribution in [-0.2, 0) is 76.1 Å². The molecule has 0 saturated carbocycles. The second kappa shape index (κ2) is 75.0. The summed E-state index contributed by atoms with van der Waals surface area (Å²) in [4.78, 5) is 113. The molecular weight excluding hydrogens is 1420 g/mol. The van der Waals surface area contributed by atoms with Crippen molar-refractivity contribution in [3.8, 4) is 0 Å². The number of piperazine rings is 1. The molecule has 650 valence electrons. The Morgan fingerprint density at radius 1 is 0.315 bits per heavy atom. The van der Waals surface area contributed by atoms with Crippen LogP contribution in [0.3, 0.4) is 0 Å². The average molecular weight is 1590 g/mol. The van der Waals surface area contributed by atoms with Crippen molar-refractivity contribution in [2.45, 2.75) is 299 Å². The standard InChI is InChI=1S/C86H161N5O20/c1-9-16-22-25-38-76(70-92)39-29-28-37-75(33-15-7)42-43-79(36-21-14-6)73-111-86(100)108-69-66-105-81(95)45-55-89(54-44-80(94)102-63-62-101-74-93)51-30-48-88(50-32-53-91-60-58-87(8)59-61-91)49-31-52-90(56-46-82(96)103-64-67-106-84(98)109-71-77(34-19-12-4)40-26-23-17-10-2)57-47-83(97)104-65-68-107-85(99)110-72-78(35-20-13-5)41-27-24-18-11-3/h74-79,92H,9-73H2,1-8H3. The summed E-state index contributed by atoms with van der Waals surface area (Å²) < 4.78 is 59.2. The Bertz CT molecular complexity index is 2190. The van der Waals surface area contributed by atoms with Crippen LogP contribution in [0.1, 0.15) is 299 Å². The SMILES string of the molecule is CCCCCCC(CO)CCCCC(CCC)CCC(CCCC)COC(=O)OCCOC(=O)CCN(CCCN(CCCN(CCC(=O)OCCOC(=O)OCC(CCCC)CCCCCC)CCC(=O)OCCOC(=O)OCC(CCCC)CCCCCC)CCCN1CCN(C)CC1)CCC(=O)OCCOC=O. The number of carbonyl (C=O) groups is 8. The number of aliphatic hydroxyl groups is 1. The van der Waals surface area contributed by atoms with Crippen molar-refractivity contribution in [3.05, 3.63) is 0 Å². The first kappa shape index (κ1) is 104. The van der Waals surface area contributed by atoms with Gasteiger partial charge in [-0.25, -0.2) is 14.4 Å². The predicted molar refractivity (Wildman–Crippen MR) is 435 cm³/mol. The Balaban J connectivity index is 3.11. The number of aliphatic hydroxyl groups excluding tert-OH is 1. The normalized spacial score (nSPS) is 14.0. The maximum Gasteiger partial charge on any atom is 0.508 e. The van der Waals surface area contributed by atoms with E-state index in [0.29, 0.717) is 77.1 Å². The van der Waals surface area contributed by atoms with Crippen LogP contribution in [0.5, 0.6) is 0 Å². The lowest BCUT2D eigenvalue weighted by atomic mass is 9.86. The van der Waals surface area contributed by atoms with Gasteiger partial charge in [0.25, 0.3) is 6.47 Å².